The van der Waals surface area contributed by atoms with Crippen molar-refractivity contribution in [3.8, 4) is 0 Å². The van der Waals surface area contributed by atoms with Gasteiger partial charge in [0.1, 0.15) is 5.60 Å². The van der Waals surface area contributed by atoms with Crippen LogP contribution in [0.5, 0.6) is 0 Å². The summed E-state index contributed by atoms with van der Waals surface area (Å²) in [7, 11) is -3.44. The Kier molecular flexibility index (Phi) is 7.32. The average molecular weight is 349 g/mol. The Morgan fingerprint density at radius 3 is 2.26 bits per heavy atom. The summed E-state index contributed by atoms with van der Waals surface area (Å²) in [4.78, 5) is 11.7. The summed E-state index contributed by atoms with van der Waals surface area (Å²) in [6, 6.07) is -0.574. The third kappa shape index (κ3) is 8.55. The van der Waals surface area contributed by atoms with Crippen LogP contribution >= 0.6 is 0 Å². The molecule has 1 rings (SSSR count). The van der Waals surface area contributed by atoms with E-state index < -0.39 is 27.8 Å². The zero-order chi connectivity index (χ0) is 17.7. The lowest BCUT2D eigenvalue weighted by molar-refractivity contribution is 0.0513. The van der Waals surface area contributed by atoms with Crippen molar-refractivity contribution in [2.24, 2.45) is 5.92 Å². The molecule has 2 atom stereocenters. The maximum atomic E-state index is 12.3. The first-order valence-electron chi connectivity index (χ1n) is 8.48. The highest BCUT2D eigenvalue weighted by Gasteiger charge is 2.26. The molecule has 1 fully saturated rings. The van der Waals surface area contributed by atoms with Crippen LogP contribution in [0.2, 0.25) is 0 Å². The summed E-state index contributed by atoms with van der Waals surface area (Å²) in [5.41, 5.74) is -0.601. The van der Waals surface area contributed by atoms with E-state index in [0.29, 0.717) is 5.92 Å². The van der Waals surface area contributed by atoms with Crippen LogP contribution in [0.25, 0.3) is 0 Å². The van der Waals surface area contributed by atoms with Gasteiger partial charge in [-0.2, -0.15) is 0 Å². The Balaban J connectivity index is 2.45. The number of nitrogens with one attached hydrogen (secondary N) is 2. The van der Waals surface area contributed by atoms with Crippen LogP contribution in [0.15, 0.2) is 0 Å². The second-order valence-corrected chi connectivity index (χ2v) is 9.43. The van der Waals surface area contributed by atoms with Crippen molar-refractivity contribution in [3.05, 3.63) is 0 Å². The number of carbonyl (C=O) groups is 1. The predicted octanol–water partition coefficient (Wildman–Crippen LogP) is 2.79. The van der Waals surface area contributed by atoms with Crippen molar-refractivity contribution in [3.63, 3.8) is 0 Å². The van der Waals surface area contributed by atoms with E-state index in [1.165, 1.54) is 19.3 Å². The van der Waals surface area contributed by atoms with Gasteiger partial charge in [-0.1, -0.05) is 19.3 Å². The van der Waals surface area contributed by atoms with E-state index in [1.807, 2.05) is 6.92 Å². The summed E-state index contributed by atoms with van der Waals surface area (Å²) in [5.74, 6) is 0.260. The predicted molar refractivity (Wildman–Crippen MR) is 91.8 cm³/mol. The second-order valence-electron chi connectivity index (χ2n) is 7.63. The van der Waals surface area contributed by atoms with Crippen LogP contribution in [0.1, 0.15) is 66.7 Å². The molecule has 1 saturated carbocycles. The van der Waals surface area contributed by atoms with Crippen LogP contribution < -0.4 is 10.0 Å². The summed E-state index contributed by atoms with van der Waals surface area (Å²) < 4.78 is 32.4. The highest BCUT2D eigenvalue weighted by atomic mass is 32.2. The largest absolute Gasteiger partial charge is 0.444 e. The molecule has 23 heavy (non-hydrogen) atoms. The van der Waals surface area contributed by atoms with Gasteiger partial charge in [0.2, 0.25) is 10.0 Å². The van der Waals surface area contributed by atoms with Crippen molar-refractivity contribution in [1.29, 1.82) is 0 Å². The SMILES string of the molecule is C[C@H](NS(=O)(=O)C[C@H](C)NC(=O)OC(C)(C)C)C1CCCCC1. The minimum Gasteiger partial charge on any atom is -0.444 e. The maximum Gasteiger partial charge on any atom is 0.407 e. The zero-order valence-electron chi connectivity index (χ0n) is 15.0. The van der Waals surface area contributed by atoms with E-state index in [9.17, 15) is 13.2 Å². The highest BCUT2D eigenvalue weighted by molar-refractivity contribution is 7.89. The summed E-state index contributed by atoms with van der Waals surface area (Å²) in [6.45, 7) is 8.89. The topological polar surface area (TPSA) is 84.5 Å². The average Bonchev–Trinajstić information content (AvgIpc) is 2.35. The van der Waals surface area contributed by atoms with Crippen molar-refractivity contribution in [2.45, 2.75) is 84.4 Å². The molecule has 0 bridgehead atoms. The summed E-state index contributed by atoms with van der Waals surface area (Å²) >= 11 is 0. The molecule has 0 radical (unpaired) electrons. The molecule has 6 nitrogen and oxygen atoms in total. The van der Waals surface area contributed by atoms with Crippen molar-refractivity contribution >= 4 is 16.1 Å². The third-order valence-electron chi connectivity index (χ3n) is 3.95. The molecule has 2 N–H and O–H groups in total. The van der Waals surface area contributed by atoms with Gasteiger partial charge in [-0.3, -0.25) is 0 Å². The van der Waals surface area contributed by atoms with Crippen LogP contribution in [0, 0.1) is 5.92 Å². The van der Waals surface area contributed by atoms with E-state index in [4.69, 9.17) is 4.74 Å². The molecule has 136 valence electrons. The van der Waals surface area contributed by atoms with Crippen LogP contribution in [-0.2, 0) is 14.8 Å². The summed E-state index contributed by atoms with van der Waals surface area (Å²) in [5, 5.41) is 2.57. The number of alkyl carbamates (subject to hydrolysis) is 1. The molecule has 7 heteroatoms. The van der Waals surface area contributed by atoms with Gasteiger partial charge in [-0.05, 0) is 53.4 Å². The Morgan fingerprint density at radius 1 is 1.17 bits per heavy atom. The molecule has 0 spiro atoms. The first kappa shape index (κ1) is 20.2. The van der Waals surface area contributed by atoms with E-state index in [1.54, 1.807) is 27.7 Å². The first-order valence-corrected chi connectivity index (χ1v) is 10.1. The molecule has 0 aliphatic heterocycles. The van der Waals surface area contributed by atoms with Crippen LogP contribution in [0.3, 0.4) is 0 Å². The normalized spacial score (nSPS) is 19.9. The molecule has 0 aromatic carbocycles. The van der Waals surface area contributed by atoms with Gasteiger partial charge in [-0.15, -0.1) is 0 Å². The van der Waals surface area contributed by atoms with Gasteiger partial charge in [0.15, 0.2) is 0 Å². The molecular formula is C16H32N2O4S. The number of sulfonamides is 1. The molecule has 1 amide bonds. The second kappa shape index (κ2) is 8.33. The number of ether oxygens (including phenoxy) is 1. The first-order chi connectivity index (χ1) is 10.5. The summed E-state index contributed by atoms with van der Waals surface area (Å²) in [6.07, 6.45) is 5.15. The minimum absolute atomic E-state index is 0.0611. The van der Waals surface area contributed by atoms with E-state index in [0.717, 1.165) is 12.8 Å². The van der Waals surface area contributed by atoms with Gasteiger partial charge < -0.3 is 10.1 Å². The molecule has 0 saturated heterocycles. The number of hydrogen-bond acceptors (Lipinski definition) is 4. The maximum absolute atomic E-state index is 12.3. The Morgan fingerprint density at radius 2 is 1.74 bits per heavy atom. The Hall–Kier alpha value is -0.820. The Labute approximate surface area is 140 Å². The van der Waals surface area contributed by atoms with Gasteiger partial charge in [0, 0.05) is 12.1 Å². The van der Waals surface area contributed by atoms with Crippen LogP contribution in [-0.4, -0.2) is 37.9 Å². The monoisotopic (exact) mass is 348 g/mol. The molecule has 1 aliphatic carbocycles. The fraction of sp³-hybridized carbons (Fsp3) is 0.938. The molecule has 0 unspecified atom stereocenters. The van der Waals surface area contributed by atoms with Crippen molar-refractivity contribution in [1.82, 2.24) is 10.0 Å². The lowest BCUT2D eigenvalue weighted by Crippen LogP contribution is -2.46. The van der Waals surface area contributed by atoms with Gasteiger partial charge in [0.05, 0.1) is 5.75 Å². The van der Waals surface area contributed by atoms with Gasteiger partial charge >= 0.3 is 6.09 Å². The lowest BCUT2D eigenvalue weighted by Gasteiger charge is -2.28. The van der Waals surface area contributed by atoms with E-state index >= 15 is 0 Å². The quantitative estimate of drug-likeness (QED) is 0.773. The molecule has 1 aliphatic rings. The fourth-order valence-corrected chi connectivity index (χ4v) is 4.54. The minimum atomic E-state index is -3.44. The molecule has 0 aromatic rings. The van der Waals surface area contributed by atoms with Gasteiger partial charge in [-0.25, -0.2) is 17.9 Å². The van der Waals surface area contributed by atoms with Crippen molar-refractivity contribution in [2.75, 3.05) is 5.75 Å². The van der Waals surface area contributed by atoms with E-state index in [2.05, 4.69) is 10.0 Å². The number of amides is 1. The lowest BCUT2D eigenvalue weighted by atomic mass is 9.85. The molecule has 0 heterocycles. The highest BCUT2D eigenvalue weighted by Crippen LogP contribution is 2.26. The molecular weight excluding hydrogens is 316 g/mol. The van der Waals surface area contributed by atoms with Gasteiger partial charge in [0.25, 0.3) is 0 Å². The van der Waals surface area contributed by atoms with Crippen LogP contribution in [0.4, 0.5) is 4.79 Å². The zero-order valence-corrected chi connectivity index (χ0v) is 15.8. The number of carbonyl (C=O) groups excluding carboxylic acids is 1. The Bertz CT molecular complexity index is 479. The smallest absolute Gasteiger partial charge is 0.407 e. The standard InChI is InChI=1S/C16H32N2O4S/c1-12(17-15(19)22-16(3,4)5)11-23(20,21)18-13(2)14-9-7-6-8-10-14/h12-14,18H,6-11H2,1-5H3,(H,17,19)/t12-,13-/m0/s1. The van der Waals surface area contributed by atoms with E-state index in [-0.39, 0.29) is 11.8 Å². The third-order valence-corrected chi connectivity index (χ3v) is 5.62. The number of rotatable bonds is 6. The number of hydrogen-bond donors (Lipinski definition) is 2. The van der Waals surface area contributed by atoms with Crippen molar-refractivity contribution < 1.29 is 17.9 Å². The molecule has 0 aromatic heterocycles. The fourth-order valence-electron chi connectivity index (χ4n) is 2.94.